The van der Waals surface area contributed by atoms with Gasteiger partial charge in [0.25, 0.3) is 0 Å². The molecular weight excluding hydrogens is 617 g/mol. The van der Waals surface area contributed by atoms with Gasteiger partial charge in [-0.15, -0.1) is 11.3 Å². The summed E-state index contributed by atoms with van der Waals surface area (Å²) in [7, 11) is 0. The van der Waals surface area contributed by atoms with Crippen molar-refractivity contribution in [2.75, 3.05) is 0 Å². The van der Waals surface area contributed by atoms with E-state index in [0.29, 0.717) is 0 Å². The van der Waals surface area contributed by atoms with Crippen molar-refractivity contribution in [3.05, 3.63) is 158 Å². The van der Waals surface area contributed by atoms with E-state index in [1.54, 1.807) is 0 Å². The molecule has 49 heavy (non-hydrogen) atoms. The molecule has 4 heterocycles. The number of hydrogen-bond donors (Lipinski definition) is 0. The second-order valence-electron chi connectivity index (χ2n) is 12.6. The average Bonchev–Trinajstić information content (AvgIpc) is 3.81. The summed E-state index contributed by atoms with van der Waals surface area (Å²) in [5, 5.41) is 8.56. The summed E-state index contributed by atoms with van der Waals surface area (Å²) in [5.74, 6) is 1.61. The number of fused-ring (bicyclic) bond motifs is 11. The molecule has 11 aromatic rings. The molecule has 0 bridgehead atoms. The number of para-hydroxylation sites is 4. The predicted octanol–water partition coefficient (Wildman–Crippen LogP) is 11.9. The maximum absolute atomic E-state index is 5.30. The Morgan fingerprint density at radius 2 is 1.06 bits per heavy atom. The molecule has 4 aromatic heterocycles. The van der Waals surface area contributed by atoms with E-state index in [-0.39, 0.29) is 0 Å². The van der Waals surface area contributed by atoms with Crippen LogP contribution in [0.2, 0.25) is 0 Å². The first-order valence-corrected chi connectivity index (χ1v) is 17.3. The van der Waals surface area contributed by atoms with Gasteiger partial charge in [0, 0.05) is 53.7 Å². The summed E-state index contributed by atoms with van der Waals surface area (Å²) in [4.78, 5) is 10.3. The Morgan fingerprint density at radius 3 is 1.86 bits per heavy atom. The van der Waals surface area contributed by atoms with E-state index < -0.39 is 0 Å². The first-order valence-electron chi connectivity index (χ1n) is 16.5. The molecule has 0 amide bonds. The number of hydrogen-bond acceptors (Lipinski definition) is 3. The third kappa shape index (κ3) is 3.79. The maximum Gasteiger partial charge on any atom is 0.162 e. The molecule has 0 saturated heterocycles. The van der Waals surface area contributed by atoms with Crippen LogP contribution in [0.25, 0.3) is 97.6 Å². The molecule has 0 radical (unpaired) electrons. The Hall–Kier alpha value is -6.30. The summed E-state index contributed by atoms with van der Waals surface area (Å²) in [6, 6.07) is 56.3. The smallest absolute Gasteiger partial charge is 0.162 e. The normalized spacial score (nSPS) is 12.1. The number of benzene rings is 7. The van der Waals surface area contributed by atoms with E-state index in [2.05, 4.69) is 149 Å². The van der Waals surface area contributed by atoms with Crippen molar-refractivity contribution in [2.45, 2.75) is 0 Å². The maximum atomic E-state index is 5.30. The standard InChI is InChI=1S/C44H26N4S/c1-3-13-27(14-4-1)43-45-36-20-10-7-19-33(36)44(46-43)48-38-22-12-9-18-30(38)34-25-35-32-24-23-31-29-17-8-11-21-37(29)47(28-15-5-2-6-16-28)41(31)42(32)49-40(35)26-39(34)48/h1-26H. The molecule has 0 aliphatic heterocycles. The minimum absolute atomic E-state index is 0.722. The lowest BCUT2D eigenvalue weighted by molar-refractivity contribution is 1.08. The van der Waals surface area contributed by atoms with Crippen molar-refractivity contribution >= 4 is 86.0 Å². The molecular formula is C44H26N4S. The summed E-state index contributed by atoms with van der Waals surface area (Å²) >= 11 is 1.88. The largest absolute Gasteiger partial charge is 0.308 e. The molecule has 228 valence electrons. The van der Waals surface area contributed by atoms with Crippen molar-refractivity contribution in [3.63, 3.8) is 0 Å². The van der Waals surface area contributed by atoms with Gasteiger partial charge in [0.05, 0.1) is 32.3 Å². The van der Waals surface area contributed by atoms with Gasteiger partial charge in [0.1, 0.15) is 5.82 Å². The third-order valence-corrected chi connectivity index (χ3v) is 11.1. The van der Waals surface area contributed by atoms with Crippen LogP contribution in [0.1, 0.15) is 0 Å². The van der Waals surface area contributed by atoms with E-state index >= 15 is 0 Å². The van der Waals surface area contributed by atoms with Crippen molar-refractivity contribution in [1.29, 1.82) is 0 Å². The van der Waals surface area contributed by atoms with Crippen LogP contribution in [0.5, 0.6) is 0 Å². The molecule has 0 aliphatic carbocycles. The lowest BCUT2D eigenvalue weighted by Crippen LogP contribution is -2.02. The molecule has 0 spiro atoms. The van der Waals surface area contributed by atoms with Gasteiger partial charge in [-0.25, -0.2) is 9.97 Å². The fourth-order valence-corrected chi connectivity index (χ4v) is 9.02. The minimum Gasteiger partial charge on any atom is -0.308 e. The molecule has 5 heteroatoms. The Balaban J connectivity index is 1.26. The topological polar surface area (TPSA) is 35.6 Å². The van der Waals surface area contributed by atoms with Crippen molar-refractivity contribution in [1.82, 2.24) is 19.1 Å². The molecule has 0 fully saturated rings. The second kappa shape index (κ2) is 10.1. The molecule has 0 atom stereocenters. The summed E-state index contributed by atoms with van der Waals surface area (Å²) in [6.45, 7) is 0. The predicted molar refractivity (Wildman–Crippen MR) is 207 cm³/mol. The minimum atomic E-state index is 0.722. The summed E-state index contributed by atoms with van der Waals surface area (Å²) < 4.78 is 7.34. The third-order valence-electron chi connectivity index (χ3n) is 9.91. The van der Waals surface area contributed by atoms with E-state index in [1.807, 2.05) is 29.5 Å². The number of nitrogens with zero attached hydrogens (tertiary/aromatic N) is 4. The van der Waals surface area contributed by atoms with Crippen LogP contribution in [-0.4, -0.2) is 19.1 Å². The molecule has 0 unspecified atom stereocenters. The van der Waals surface area contributed by atoms with Gasteiger partial charge in [-0.2, -0.15) is 0 Å². The molecule has 11 rings (SSSR count). The van der Waals surface area contributed by atoms with Gasteiger partial charge in [-0.05, 0) is 48.5 Å². The van der Waals surface area contributed by atoms with Crippen LogP contribution in [0.15, 0.2) is 158 Å². The van der Waals surface area contributed by atoms with Crippen LogP contribution < -0.4 is 0 Å². The SMILES string of the molecule is c1ccc(-c2nc(-n3c4ccccc4c4cc5c(cc43)sc3c5ccc4c5ccccc5n(-c5ccccc5)c43)c3ccccc3n2)cc1. The summed E-state index contributed by atoms with van der Waals surface area (Å²) in [5.41, 5.74) is 7.86. The zero-order valence-corrected chi connectivity index (χ0v) is 27.0. The quantitative estimate of drug-likeness (QED) is 0.192. The van der Waals surface area contributed by atoms with Crippen LogP contribution in [-0.2, 0) is 0 Å². The average molecular weight is 643 g/mol. The lowest BCUT2D eigenvalue weighted by atomic mass is 10.1. The monoisotopic (exact) mass is 642 g/mol. The van der Waals surface area contributed by atoms with E-state index in [4.69, 9.17) is 9.97 Å². The molecule has 0 N–H and O–H groups in total. The van der Waals surface area contributed by atoms with Crippen molar-refractivity contribution in [2.24, 2.45) is 0 Å². The fourth-order valence-electron chi connectivity index (χ4n) is 7.76. The van der Waals surface area contributed by atoms with Crippen LogP contribution in [0, 0.1) is 0 Å². The number of rotatable bonds is 3. The van der Waals surface area contributed by atoms with Crippen molar-refractivity contribution in [3.8, 4) is 22.9 Å². The van der Waals surface area contributed by atoms with Gasteiger partial charge in [0.2, 0.25) is 0 Å². The van der Waals surface area contributed by atoms with Gasteiger partial charge in [-0.1, -0.05) is 109 Å². The van der Waals surface area contributed by atoms with Gasteiger partial charge < -0.3 is 4.57 Å². The highest BCUT2D eigenvalue weighted by molar-refractivity contribution is 7.26. The van der Waals surface area contributed by atoms with Gasteiger partial charge in [0.15, 0.2) is 5.82 Å². The van der Waals surface area contributed by atoms with Crippen LogP contribution >= 0.6 is 11.3 Å². The van der Waals surface area contributed by atoms with Crippen LogP contribution in [0.4, 0.5) is 0 Å². The first kappa shape index (κ1) is 26.7. The van der Waals surface area contributed by atoms with E-state index in [9.17, 15) is 0 Å². The zero-order valence-electron chi connectivity index (χ0n) is 26.2. The zero-order chi connectivity index (χ0) is 32.1. The van der Waals surface area contributed by atoms with Crippen molar-refractivity contribution < 1.29 is 0 Å². The fraction of sp³-hybridized carbons (Fsp3) is 0. The Bertz CT molecular complexity index is 3100. The molecule has 0 saturated carbocycles. The molecule has 4 nitrogen and oxygen atoms in total. The summed E-state index contributed by atoms with van der Waals surface area (Å²) in [6.07, 6.45) is 0. The highest BCUT2D eigenvalue weighted by Crippen LogP contribution is 2.45. The van der Waals surface area contributed by atoms with Gasteiger partial charge in [-0.3, -0.25) is 4.57 Å². The number of thiophene rings is 1. The Labute approximate surface area is 284 Å². The number of aromatic nitrogens is 4. The molecule has 7 aromatic carbocycles. The highest BCUT2D eigenvalue weighted by atomic mass is 32.1. The Kier molecular flexibility index (Phi) is 5.51. The van der Waals surface area contributed by atoms with E-state index in [0.717, 1.165) is 39.1 Å². The Morgan fingerprint density at radius 1 is 0.429 bits per heavy atom. The highest BCUT2D eigenvalue weighted by Gasteiger charge is 2.21. The second-order valence-corrected chi connectivity index (χ2v) is 13.7. The molecule has 0 aliphatic rings. The first-order chi connectivity index (χ1) is 24.3. The van der Waals surface area contributed by atoms with E-state index in [1.165, 1.54) is 58.4 Å². The lowest BCUT2D eigenvalue weighted by Gasteiger charge is -2.12. The van der Waals surface area contributed by atoms with Gasteiger partial charge >= 0.3 is 0 Å². The van der Waals surface area contributed by atoms with Crippen LogP contribution in [0.3, 0.4) is 0 Å².